The topological polar surface area (TPSA) is 24.5 Å². The molecular formula is C18H28N2O. The Kier molecular flexibility index (Phi) is 4.23. The number of fused-ring (bicyclic) bond motifs is 1. The number of nitrogens with zero attached hydrogens (tertiary/aromatic N) is 1. The normalized spacial score (nSPS) is 29.5. The molecule has 0 spiro atoms. The van der Waals surface area contributed by atoms with Crippen LogP contribution >= 0.6 is 0 Å². The summed E-state index contributed by atoms with van der Waals surface area (Å²) in [6.07, 6.45) is 1.37. The Balaban J connectivity index is 1.66. The molecule has 0 saturated carbocycles. The molecular weight excluding hydrogens is 260 g/mol. The minimum Gasteiger partial charge on any atom is -0.488 e. The molecule has 0 aromatic heterocycles. The van der Waals surface area contributed by atoms with E-state index in [1.54, 1.807) is 0 Å². The minimum absolute atomic E-state index is 0.313. The molecule has 21 heavy (non-hydrogen) atoms. The van der Waals surface area contributed by atoms with Gasteiger partial charge in [-0.05, 0) is 31.4 Å². The number of ether oxygens (including phenoxy) is 1. The zero-order valence-electron chi connectivity index (χ0n) is 13.7. The van der Waals surface area contributed by atoms with E-state index in [9.17, 15) is 0 Å². The molecule has 1 N–H and O–H groups in total. The highest BCUT2D eigenvalue weighted by Crippen LogP contribution is 2.30. The summed E-state index contributed by atoms with van der Waals surface area (Å²) in [7, 11) is 0. The summed E-state index contributed by atoms with van der Waals surface area (Å²) >= 11 is 0. The highest BCUT2D eigenvalue weighted by molar-refractivity contribution is 5.40. The molecule has 0 aliphatic carbocycles. The third-order valence-electron chi connectivity index (χ3n) is 4.82. The van der Waals surface area contributed by atoms with Gasteiger partial charge in [0.2, 0.25) is 0 Å². The summed E-state index contributed by atoms with van der Waals surface area (Å²) in [6.45, 7) is 12.3. The molecule has 0 amide bonds. The molecule has 116 valence electrons. The van der Waals surface area contributed by atoms with E-state index >= 15 is 0 Å². The fraction of sp³-hybridized carbons (Fsp3) is 0.667. The molecule has 2 aliphatic heterocycles. The molecule has 1 fully saturated rings. The smallest absolute Gasteiger partial charge is 0.123 e. The first kappa shape index (κ1) is 14.9. The Morgan fingerprint density at radius 1 is 1.38 bits per heavy atom. The number of piperazine rings is 1. The first-order valence-electron chi connectivity index (χ1n) is 8.26. The lowest BCUT2D eigenvalue weighted by Crippen LogP contribution is -2.59. The number of hydrogen-bond donors (Lipinski definition) is 1. The van der Waals surface area contributed by atoms with Crippen LogP contribution in [-0.4, -0.2) is 42.7 Å². The molecule has 1 aromatic carbocycles. The van der Waals surface area contributed by atoms with Crippen LogP contribution in [0.15, 0.2) is 18.2 Å². The average molecular weight is 288 g/mol. The monoisotopic (exact) mass is 288 g/mol. The van der Waals surface area contributed by atoms with Crippen molar-refractivity contribution in [3.63, 3.8) is 0 Å². The maximum Gasteiger partial charge on any atom is 0.123 e. The number of nitrogens with one attached hydrogen (secondary N) is 1. The second kappa shape index (κ2) is 5.98. The molecule has 2 heterocycles. The van der Waals surface area contributed by atoms with Crippen molar-refractivity contribution in [2.75, 3.05) is 19.6 Å². The second-order valence-electron chi connectivity index (χ2n) is 7.13. The Labute approximate surface area is 128 Å². The molecule has 3 nitrogen and oxygen atoms in total. The van der Waals surface area contributed by atoms with Gasteiger partial charge in [-0.15, -0.1) is 0 Å². The molecule has 1 saturated heterocycles. The van der Waals surface area contributed by atoms with Gasteiger partial charge in [-0.25, -0.2) is 0 Å². The fourth-order valence-corrected chi connectivity index (χ4v) is 3.68. The van der Waals surface area contributed by atoms with E-state index in [0.29, 0.717) is 24.1 Å². The summed E-state index contributed by atoms with van der Waals surface area (Å²) in [5, 5.41) is 3.61. The van der Waals surface area contributed by atoms with Crippen molar-refractivity contribution in [1.82, 2.24) is 10.2 Å². The van der Waals surface area contributed by atoms with E-state index < -0.39 is 0 Å². The van der Waals surface area contributed by atoms with Gasteiger partial charge in [0.05, 0.1) is 0 Å². The fourth-order valence-electron chi connectivity index (χ4n) is 3.68. The summed E-state index contributed by atoms with van der Waals surface area (Å²) in [5.41, 5.74) is 2.71. The molecule has 3 rings (SSSR count). The SMILES string of the molecule is Cc1ccc2c(c1)CC(CN1CC(C)NCC1C(C)C)O2. The maximum absolute atomic E-state index is 6.17. The van der Waals surface area contributed by atoms with E-state index in [4.69, 9.17) is 4.74 Å². The predicted octanol–water partition coefficient (Wildman–Crippen LogP) is 2.62. The highest BCUT2D eigenvalue weighted by Gasteiger charge is 2.32. The Hall–Kier alpha value is -1.06. The van der Waals surface area contributed by atoms with Crippen LogP contribution in [0.25, 0.3) is 0 Å². The molecule has 3 unspecified atom stereocenters. The van der Waals surface area contributed by atoms with E-state index in [2.05, 4.69) is 56.1 Å². The first-order chi connectivity index (χ1) is 10.0. The summed E-state index contributed by atoms with van der Waals surface area (Å²) in [6, 6.07) is 7.74. The van der Waals surface area contributed by atoms with Crippen LogP contribution in [0, 0.1) is 12.8 Å². The van der Waals surface area contributed by atoms with Gasteiger partial charge in [-0.3, -0.25) is 4.90 Å². The van der Waals surface area contributed by atoms with Crippen LogP contribution < -0.4 is 10.1 Å². The van der Waals surface area contributed by atoms with Crippen molar-refractivity contribution >= 4 is 0 Å². The molecule has 1 aromatic rings. The largest absolute Gasteiger partial charge is 0.488 e. The lowest BCUT2D eigenvalue weighted by atomic mass is 9.97. The zero-order chi connectivity index (χ0) is 15.0. The van der Waals surface area contributed by atoms with Crippen LogP contribution in [0.1, 0.15) is 31.9 Å². The lowest BCUT2D eigenvalue weighted by Gasteiger charge is -2.42. The first-order valence-corrected chi connectivity index (χ1v) is 8.26. The molecule has 2 aliphatic rings. The van der Waals surface area contributed by atoms with E-state index in [1.807, 2.05) is 0 Å². The van der Waals surface area contributed by atoms with Gasteiger partial charge < -0.3 is 10.1 Å². The third-order valence-corrected chi connectivity index (χ3v) is 4.82. The summed E-state index contributed by atoms with van der Waals surface area (Å²) in [4.78, 5) is 2.63. The Morgan fingerprint density at radius 3 is 2.95 bits per heavy atom. The van der Waals surface area contributed by atoms with Crippen molar-refractivity contribution in [3.05, 3.63) is 29.3 Å². The number of aryl methyl sites for hydroxylation is 1. The van der Waals surface area contributed by atoms with Crippen molar-refractivity contribution in [2.24, 2.45) is 5.92 Å². The van der Waals surface area contributed by atoms with Gasteiger partial charge in [-0.2, -0.15) is 0 Å². The van der Waals surface area contributed by atoms with Gasteiger partial charge in [0, 0.05) is 38.1 Å². The van der Waals surface area contributed by atoms with E-state index in [0.717, 1.165) is 31.8 Å². The van der Waals surface area contributed by atoms with Gasteiger partial charge in [0.25, 0.3) is 0 Å². The van der Waals surface area contributed by atoms with Crippen molar-refractivity contribution in [1.29, 1.82) is 0 Å². The Morgan fingerprint density at radius 2 is 2.19 bits per heavy atom. The van der Waals surface area contributed by atoms with Gasteiger partial charge in [0.15, 0.2) is 0 Å². The second-order valence-corrected chi connectivity index (χ2v) is 7.13. The highest BCUT2D eigenvalue weighted by atomic mass is 16.5. The standard InChI is InChI=1S/C18H28N2O/c1-12(2)17-9-19-14(4)10-20(17)11-16-8-15-7-13(3)5-6-18(15)21-16/h5-7,12,14,16-17,19H,8-11H2,1-4H3. The average Bonchev–Trinajstić information content (AvgIpc) is 2.79. The molecule has 0 bridgehead atoms. The summed E-state index contributed by atoms with van der Waals surface area (Å²) < 4.78 is 6.17. The van der Waals surface area contributed by atoms with Gasteiger partial charge in [0.1, 0.15) is 11.9 Å². The quantitative estimate of drug-likeness (QED) is 0.925. The van der Waals surface area contributed by atoms with Gasteiger partial charge >= 0.3 is 0 Å². The summed E-state index contributed by atoms with van der Waals surface area (Å²) in [5.74, 6) is 1.77. The molecule has 0 radical (unpaired) electrons. The minimum atomic E-state index is 0.313. The predicted molar refractivity (Wildman–Crippen MR) is 87.0 cm³/mol. The van der Waals surface area contributed by atoms with Crippen molar-refractivity contribution in [3.8, 4) is 5.75 Å². The lowest BCUT2D eigenvalue weighted by molar-refractivity contribution is 0.0624. The van der Waals surface area contributed by atoms with Crippen LogP contribution in [0.3, 0.4) is 0 Å². The number of hydrogen-bond acceptors (Lipinski definition) is 3. The van der Waals surface area contributed by atoms with Crippen LogP contribution in [-0.2, 0) is 6.42 Å². The van der Waals surface area contributed by atoms with Crippen molar-refractivity contribution in [2.45, 2.75) is 52.3 Å². The van der Waals surface area contributed by atoms with Crippen LogP contribution in [0.5, 0.6) is 5.75 Å². The van der Waals surface area contributed by atoms with Crippen LogP contribution in [0.2, 0.25) is 0 Å². The zero-order valence-corrected chi connectivity index (χ0v) is 13.7. The number of benzene rings is 1. The van der Waals surface area contributed by atoms with E-state index in [-0.39, 0.29) is 0 Å². The maximum atomic E-state index is 6.17. The molecule has 3 atom stereocenters. The number of rotatable bonds is 3. The third kappa shape index (κ3) is 3.24. The van der Waals surface area contributed by atoms with Gasteiger partial charge in [-0.1, -0.05) is 31.5 Å². The molecule has 3 heteroatoms. The van der Waals surface area contributed by atoms with Crippen LogP contribution in [0.4, 0.5) is 0 Å². The Bertz CT molecular complexity index is 500. The van der Waals surface area contributed by atoms with Crippen molar-refractivity contribution < 1.29 is 4.74 Å². The van der Waals surface area contributed by atoms with E-state index in [1.165, 1.54) is 11.1 Å².